The van der Waals surface area contributed by atoms with Crippen LogP contribution in [0, 0.1) is 0 Å². The standard InChI is InChI=1S/C20H24BrNO3/c1-20(24,13-15-7-10-17(25-2)11-8-15)14-22-19(23)12-9-16-5-3-4-6-18(16)21/h3-8,10-11,24H,9,12-14H2,1-2H3,(H,22,23). The normalized spacial score (nSPS) is 13.1. The van der Waals surface area contributed by atoms with Gasteiger partial charge in [0.1, 0.15) is 5.75 Å². The van der Waals surface area contributed by atoms with Crippen LogP contribution in [0.15, 0.2) is 53.0 Å². The fourth-order valence-corrected chi connectivity index (χ4v) is 3.06. The first-order valence-corrected chi connectivity index (χ1v) is 9.04. The fourth-order valence-electron chi connectivity index (χ4n) is 2.57. The van der Waals surface area contributed by atoms with Crippen LogP contribution < -0.4 is 10.1 Å². The van der Waals surface area contributed by atoms with Gasteiger partial charge in [-0.3, -0.25) is 4.79 Å². The topological polar surface area (TPSA) is 58.6 Å². The van der Waals surface area contributed by atoms with E-state index in [9.17, 15) is 9.90 Å². The quantitative estimate of drug-likeness (QED) is 0.706. The molecule has 0 heterocycles. The lowest BCUT2D eigenvalue weighted by molar-refractivity contribution is -0.122. The van der Waals surface area contributed by atoms with Crippen molar-refractivity contribution in [3.05, 3.63) is 64.1 Å². The van der Waals surface area contributed by atoms with Crippen LogP contribution in [-0.4, -0.2) is 30.3 Å². The van der Waals surface area contributed by atoms with Gasteiger partial charge in [-0.2, -0.15) is 0 Å². The Balaban J connectivity index is 1.79. The number of carbonyl (C=O) groups is 1. The third-order valence-electron chi connectivity index (χ3n) is 3.99. The lowest BCUT2D eigenvalue weighted by Crippen LogP contribution is -2.42. The molecule has 1 amide bonds. The Morgan fingerprint density at radius 1 is 1.20 bits per heavy atom. The van der Waals surface area contributed by atoms with Gasteiger partial charge in [-0.25, -0.2) is 0 Å². The average molecular weight is 406 g/mol. The Morgan fingerprint density at radius 2 is 1.88 bits per heavy atom. The number of ether oxygens (including phenoxy) is 1. The summed E-state index contributed by atoms with van der Waals surface area (Å²) in [4.78, 5) is 12.1. The number of methoxy groups -OCH3 is 1. The van der Waals surface area contributed by atoms with Crippen molar-refractivity contribution in [3.8, 4) is 5.75 Å². The van der Waals surface area contributed by atoms with E-state index in [1.807, 2.05) is 48.5 Å². The second kappa shape index (κ2) is 9.02. The van der Waals surface area contributed by atoms with Gasteiger partial charge < -0.3 is 15.2 Å². The number of carbonyl (C=O) groups excluding carboxylic acids is 1. The molecule has 0 bridgehead atoms. The minimum atomic E-state index is -1.00. The van der Waals surface area contributed by atoms with Crippen molar-refractivity contribution < 1.29 is 14.6 Å². The Morgan fingerprint density at radius 3 is 2.52 bits per heavy atom. The van der Waals surface area contributed by atoms with E-state index in [2.05, 4.69) is 21.2 Å². The first-order chi connectivity index (χ1) is 11.9. The SMILES string of the molecule is COc1ccc(CC(C)(O)CNC(=O)CCc2ccccc2Br)cc1. The predicted molar refractivity (Wildman–Crippen MR) is 103 cm³/mol. The molecule has 5 heteroatoms. The summed E-state index contributed by atoms with van der Waals surface area (Å²) in [6.07, 6.45) is 1.51. The van der Waals surface area contributed by atoms with Crippen molar-refractivity contribution in [2.24, 2.45) is 0 Å². The van der Waals surface area contributed by atoms with E-state index in [0.29, 0.717) is 19.3 Å². The molecule has 134 valence electrons. The molecule has 0 radical (unpaired) electrons. The molecule has 0 aliphatic heterocycles. The number of halogens is 1. The summed E-state index contributed by atoms with van der Waals surface area (Å²) in [6, 6.07) is 15.4. The molecule has 0 fully saturated rings. The summed E-state index contributed by atoms with van der Waals surface area (Å²) in [5.41, 5.74) is 1.09. The zero-order chi connectivity index (χ0) is 18.3. The maximum atomic E-state index is 12.1. The third kappa shape index (κ3) is 6.52. The van der Waals surface area contributed by atoms with E-state index in [0.717, 1.165) is 21.3 Å². The van der Waals surface area contributed by atoms with E-state index in [1.165, 1.54) is 0 Å². The van der Waals surface area contributed by atoms with E-state index in [1.54, 1.807) is 14.0 Å². The average Bonchev–Trinajstić information content (AvgIpc) is 2.60. The van der Waals surface area contributed by atoms with Crippen LogP contribution in [0.25, 0.3) is 0 Å². The Kier molecular flexibility index (Phi) is 7.02. The lowest BCUT2D eigenvalue weighted by Gasteiger charge is -2.24. The summed E-state index contributed by atoms with van der Waals surface area (Å²) in [5.74, 6) is 0.717. The van der Waals surface area contributed by atoms with Gasteiger partial charge in [-0.15, -0.1) is 0 Å². The number of hydrogen-bond donors (Lipinski definition) is 2. The molecule has 0 saturated carbocycles. The molecule has 0 aliphatic carbocycles. The van der Waals surface area contributed by atoms with Crippen LogP contribution in [0.1, 0.15) is 24.5 Å². The zero-order valence-electron chi connectivity index (χ0n) is 14.6. The first kappa shape index (κ1) is 19.5. The summed E-state index contributed by atoms with van der Waals surface area (Å²) in [6.45, 7) is 1.94. The number of aliphatic hydroxyl groups is 1. The number of hydrogen-bond acceptors (Lipinski definition) is 3. The van der Waals surface area contributed by atoms with Crippen molar-refractivity contribution in [2.75, 3.05) is 13.7 Å². The van der Waals surface area contributed by atoms with Crippen molar-refractivity contribution in [2.45, 2.75) is 31.8 Å². The summed E-state index contributed by atoms with van der Waals surface area (Å²) in [5, 5.41) is 13.3. The Bertz CT molecular complexity index is 698. The zero-order valence-corrected chi connectivity index (χ0v) is 16.2. The van der Waals surface area contributed by atoms with E-state index in [4.69, 9.17) is 4.74 Å². The smallest absolute Gasteiger partial charge is 0.220 e. The monoisotopic (exact) mass is 405 g/mol. The van der Waals surface area contributed by atoms with Gasteiger partial charge in [-0.1, -0.05) is 46.3 Å². The van der Waals surface area contributed by atoms with Crippen molar-refractivity contribution >= 4 is 21.8 Å². The van der Waals surface area contributed by atoms with Gasteiger partial charge in [0.15, 0.2) is 0 Å². The fraction of sp³-hybridized carbons (Fsp3) is 0.350. The molecule has 4 nitrogen and oxygen atoms in total. The highest BCUT2D eigenvalue weighted by molar-refractivity contribution is 9.10. The second-order valence-electron chi connectivity index (χ2n) is 6.39. The van der Waals surface area contributed by atoms with Crippen molar-refractivity contribution in [3.63, 3.8) is 0 Å². The minimum Gasteiger partial charge on any atom is -0.497 e. The molecule has 2 aromatic carbocycles. The highest BCUT2D eigenvalue weighted by Gasteiger charge is 2.22. The Hall–Kier alpha value is -1.85. The molecule has 2 aromatic rings. The molecule has 0 spiro atoms. The van der Waals surface area contributed by atoms with Crippen LogP contribution in [0.2, 0.25) is 0 Å². The van der Waals surface area contributed by atoms with Gasteiger partial charge in [0.05, 0.1) is 12.7 Å². The third-order valence-corrected chi connectivity index (χ3v) is 4.76. The maximum absolute atomic E-state index is 12.1. The number of amides is 1. The molecule has 2 N–H and O–H groups in total. The van der Waals surface area contributed by atoms with Gasteiger partial charge in [0, 0.05) is 23.9 Å². The molecule has 1 atom stereocenters. The molecular formula is C20H24BrNO3. The van der Waals surface area contributed by atoms with Gasteiger partial charge >= 0.3 is 0 Å². The minimum absolute atomic E-state index is 0.0641. The number of benzene rings is 2. The maximum Gasteiger partial charge on any atom is 0.220 e. The highest BCUT2D eigenvalue weighted by atomic mass is 79.9. The lowest BCUT2D eigenvalue weighted by atomic mass is 9.96. The van der Waals surface area contributed by atoms with Gasteiger partial charge in [0.25, 0.3) is 0 Å². The summed E-state index contributed by atoms with van der Waals surface area (Å²) < 4.78 is 6.14. The van der Waals surface area contributed by atoms with Crippen LogP contribution in [0.4, 0.5) is 0 Å². The number of nitrogens with one attached hydrogen (secondary N) is 1. The van der Waals surface area contributed by atoms with Crippen molar-refractivity contribution in [1.82, 2.24) is 5.32 Å². The molecule has 0 aliphatic rings. The van der Waals surface area contributed by atoms with Crippen LogP contribution in [0.5, 0.6) is 5.75 Å². The summed E-state index contributed by atoms with van der Waals surface area (Å²) in [7, 11) is 1.62. The molecule has 2 rings (SSSR count). The van der Waals surface area contributed by atoms with Gasteiger partial charge in [0.2, 0.25) is 5.91 Å². The number of aryl methyl sites for hydroxylation is 1. The largest absolute Gasteiger partial charge is 0.497 e. The molecular weight excluding hydrogens is 382 g/mol. The van der Waals surface area contributed by atoms with Crippen LogP contribution in [-0.2, 0) is 17.6 Å². The highest BCUT2D eigenvalue weighted by Crippen LogP contribution is 2.18. The number of rotatable bonds is 8. The molecule has 0 aromatic heterocycles. The molecule has 1 unspecified atom stereocenters. The van der Waals surface area contributed by atoms with E-state index < -0.39 is 5.60 Å². The van der Waals surface area contributed by atoms with E-state index >= 15 is 0 Å². The predicted octanol–water partition coefficient (Wildman–Crippen LogP) is 3.50. The van der Waals surface area contributed by atoms with Crippen LogP contribution >= 0.6 is 15.9 Å². The first-order valence-electron chi connectivity index (χ1n) is 8.25. The van der Waals surface area contributed by atoms with Gasteiger partial charge in [-0.05, 0) is 42.7 Å². The second-order valence-corrected chi connectivity index (χ2v) is 7.24. The van der Waals surface area contributed by atoms with Crippen LogP contribution in [0.3, 0.4) is 0 Å². The summed E-state index contributed by atoms with van der Waals surface area (Å²) >= 11 is 3.48. The Labute approximate surface area is 157 Å². The van der Waals surface area contributed by atoms with E-state index in [-0.39, 0.29) is 12.5 Å². The molecule has 0 saturated heterocycles. The molecule has 25 heavy (non-hydrogen) atoms. The van der Waals surface area contributed by atoms with Crippen molar-refractivity contribution in [1.29, 1.82) is 0 Å².